The van der Waals surface area contributed by atoms with Crippen molar-refractivity contribution < 1.29 is 18.9 Å². The molecule has 0 atom stereocenters. The van der Waals surface area contributed by atoms with Crippen LogP contribution in [0, 0.1) is 17.0 Å². The Balaban J connectivity index is 2.37. The summed E-state index contributed by atoms with van der Waals surface area (Å²) in [5.74, 6) is -0.987. The van der Waals surface area contributed by atoms with Crippen LogP contribution >= 0.6 is 0 Å². The van der Waals surface area contributed by atoms with Crippen molar-refractivity contribution in [3.8, 4) is 11.5 Å². The Labute approximate surface area is 113 Å². The van der Waals surface area contributed by atoms with Gasteiger partial charge in [0.25, 0.3) is 5.69 Å². The van der Waals surface area contributed by atoms with E-state index >= 15 is 0 Å². The van der Waals surface area contributed by atoms with Gasteiger partial charge in [0, 0.05) is 17.7 Å². The number of nitro groups is 1. The number of carbonyl (C=O) groups is 1. The lowest BCUT2D eigenvalue weighted by Crippen LogP contribution is -2.04. The number of rotatable bonds is 4. The number of hydrogen-bond donors (Lipinski definition) is 0. The zero-order valence-electron chi connectivity index (χ0n) is 10.8. The monoisotopic (exact) mass is 277 g/mol. The Morgan fingerprint density at radius 3 is 2.80 bits per heavy atom. The van der Waals surface area contributed by atoms with Crippen molar-refractivity contribution in [2.45, 2.75) is 13.8 Å². The van der Waals surface area contributed by atoms with Crippen molar-refractivity contribution in [2.24, 2.45) is 0 Å². The molecule has 0 N–H and O–H groups in total. The van der Waals surface area contributed by atoms with Crippen LogP contribution in [0.25, 0.3) is 11.5 Å². The lowest BCUT2D eigenvalue weighted by molar-refractivity contribution is -0.384. The summed E-state index contributed by atoms with van der Waals surface area (Å²) in [6, 6.07) is 4.37. The number of nitrogens with zero attached hydrogens (tertiary/aromatic N) is 3. The first-order valence-electron chi connectivity index (χ1n) is 5.78. The van der Waals surface area contributed by atoms with Crippen molar-refractivity contribution in [1.82, 2.24) is 10.2 Å². The molecule has 2 aromatic rings. The molecule has 0 radical (unpaired) electrons. The Morgan fingerprint density at radius 1 is 1.40 bits per heavy atom. The highest BCUT2D eigenvalue weighted by molar-refractivity contribution is 5.84. The van der Waals surface area contributed by atoms with E-state index in [1.54, 1.807) is 19.9 Å². The molecule has 0 amide bonds. The van der Waals surface area contributed by atoms with E-state index in [-0.39, 0.29) is 24.1 Å². The van der Waals surface area contributed by atoms with Crippen LogP contribution in [0.1, 0.15) is 23.2 Å². The number of nitro benzene ring substituents is 1. The minimum absolute atomic E-state index is 0.0276. The normalized spacial score (nSPS) is 10.3. The molecule has 0 spiro atoms. The molecule has 0 unspecified atom stereocenters. The van der Waals surface area contributed by atoms with E-state index in [1.165, 1.54) is 12.1 Å². The molecule has 104 valence electrons. The first kappa shape index (κ1) is 13.7. The number of ether oxygens (including phenoxy) is 1. The molecule has 0 aliphatic heterocycles. The van der Waals surface area contributed by atoms with E-state index in [4.69, 9.17) is 9.15 Å². The highest BCUT2D eigenvalue weighted by Crippen LogP contribution is 2.25. The number of carbonyl (C=O) groups excluding carboxylic acids is 1. The van der Waals surface area contributed by atoms with Crippen molar-refractivity contribution >= 4 is 11.7 Å². The number of non-ortho nitro benzene ring substituents is 1. The van der Waals surface area contributed by atoms with Crippen LogP contribution in [0.2, 0.25) is 0 Å². The van der Waals surface area contributed by atoms with E-state index in [0.29, 0.717) is 11.1 Å². The average molecular weight is 277 g/mol. The summed E-state index contributed by atoms with van der Waals surface area (Å²) in [5.41, 5.74) is 0.959. The second kappa shape index (κ2) is 5.47. The van der Waals surface area contributed by atoms with E-state index in [2.05, 4.69) is 10.2 Å². The smallest absolute Gasteiger partial charge is 0.396 e. The lowest BCUT2D eigenvalue weighted by atomic mass is 10.1. The molecule has 0 fully saturated rings. The first-order chi connectivity index (χ1) is 9.51. The van der Waals surface area contributed by atoms with Gasteiger partial charge in [0.1, 0.15) is 0 Å². The summed E-state index contributed by atoms with van der Waals surface area (Å²) in [5, 5.41) is 18.0. The molecular formula is C12H11N3O5. The largest absolute Gasteiger partial charge is 0.459 e. The average Bonchev–Trinajstić information content (AvgIpc) is 2.88. The van der Waals surface area contributed by atoms with Gasteiger partial charge in [-0.1, -0.05) is 0 Å². The van der Waals surface area contributed by atoms with Crippen LogP contribution in [0.5, 0.6) is 0 Å². The topological polar surface area (TPSA) is 108 Å². The van der Waals surface area contributed by atoms with Crippen molar-refractivity contribution in [3.63, 3.8) is 0 Å². The molecule has 1 aromatic heterocycles. The molecule has 1 heterocycles. The molecule has 0 aliphatic carbocycles. The van der Waals surface area contributed by atoms with Crippen LogP contribution < -0.4 is 0 Å². The van der Waals surface area contributed by atoms with Crippen molar-refractivity contribution in [2.75, 3.05) is 6.61 Å². The molecule has 0 aliphatic rings. The van der Waals surface area contributed by atoms with E-state index in [0.717, 1.165) is 0 Å². The van der Waals surface area contributed by atoms with Gasteiger partial charge in [0.15, 0.2) is 0 Å². The summed E-state index contributed by atoms with van der Waals surface area (Å²) in [6.07, 6.45) is 0. The third kappa shape index (κ3) is 2.79. The molecular weight excluding hydrogens is 266 g/mol. The predicted molar refractivity (Wildman–Crippen MR) is 67.1 cm³/mol. The van der Waals surface area contributed by atoms with Crippen LogP contribution in [0.3, 0.4) is 0 Å². The number of benzene rings is 1. The van der Waals surface area contributed by atoms with Gasteiger partial charge < -0.3 is 9.15 Å². The highest BCUT2D eigenvalue weighted by atomic mass is 16.6. The minimum atomic E-state index is -0.728. The SMILES string of the molecule is CCOC(=O)c1nnc(-c2cc(C)cc([N+](=O)[O-])c2)o1. The molecule has 8 nitrogen and oxygen atoms in total. The summed E-state index contributed by atoms with van der Waals surface area (Å²) < 4.78 is 9.87. The number of aromatic nitrogens is 2. The van der Waals surface area contributed by atoms with Crippen molar-refractivity contribution in [1.29, 1.82) is 0 Å². The zero-order valence-corrected chi connectivity index (χ0v) is 10.8. The number of aryl methyl sites for hydroxylation is 1. The first-order valence-corrected chi connectivity index (χ1v) is 5.78. The Morgan fingerprint density at radius 2 is 2.15 bits per heavy atom. The maximum atomic E-state index is 11.4. The Kier molecular flexibility index (Phi) is 3.74. The molecule has 2 rings (SSSR count). The van der Waals surface area contributed by atoms with Crippen LogP contribution in [0.4, 0.5) is 5.69 Å². The maximum absolute atomic E-state index is 11.4. The summed E-state index contributed by atoms with van der Waals surface area (Å²) >= 11 is 0. The fourth-order valence-corrected chi connectivity index (χ4v) is 1.61. The molecule has 0 saturated carbocycles. The fraction of sp³-hybridized carbons (Fsp3) is 0.250. The van der Waals surface area contributed by atoms with E-state index < -0.39 is 10.9 Å². The molecule has 20 heavy (non-hydrogen) atoms. The van der Waals surface area contributed by atoms with Crippen LogP contribution in [-0.4, -0.2) is 27.7 Å². The van der Waals surface area contributed by atoms with Gasteiger partial charge in [-0.3, -0.25) is 10.1 Å². The van der Waals surface area contributed by atoms with E-state index in [9.17, 15) is 14.9 Å². The van der Waals surface area contributed by atoms with Crippen LogP contribution in [0.15, 0.2) is 22.6 Å². The highest BCUT2D eigenvalue weighted by Gasteiger charge is 2.18. The van der Waals surface area contributed by atoms with Gasteiger partial charge in [0.05, 0.1) is 11.5 Å². The Hall–Kier alpha value is -2.77. The summed E-state index contributed by atoms with van der Waals surface area (Å²) in [7, 11) is 0. The van der Waals surface area contributed by atoms with Gasteiger partial charge >= 0.3 is 11.9 Å². The number of esters is 1. The number of hydrogen-bond acceptors (Lipinski definition) is 7. The molecule has 0 saturated heterocycles. The third-order valence-corrected chi connectivity index (χ3v) is 2.39. The van der Waals surface area contributed by atoms with Gasteiger partial charge in [-0.05, 0) is 25.5 Å². The minimum Gasteiger partial charge on any atom is -0.459 e. The summed E-state index contributed by atoms with van der Waals surface area (Å²) in [4.78, 5) is 21.7. The fourth-order valence-electron chi connectivity index (χ4n) is 1.61. The van der Waals surface area contributed by atoms with Gasteiger partial charge in [-0.25, -0.2) is 4.79 Å². The van der Waals surface area contributed by atoms with E-state index in [1.807, 2.05) is 0 Å². The molecule has 0 bridgehead atoms. The Bertz CT molecular complexity index is 665. The van der Waals surface area contributed by atoms with Gasteiger partial charge in [-0.15, -0.1) is 10.2 Å². The maximum Gasteiger partial charge on any atom is 0.396 e. The molecule has 8 heteroatoms. The van der Waals surface area contributed by atoms with Crippen LogP contribution in [-0.2, 0) is 4.74 Å². The summed E-state index contributed by atoms with van der Waals surface area (Å²) in [6.45, 7) is 3.55. The molecule has 1 aromatic carbocycles. The zero-order chi connectivity index (χ0) is 14.7. The van der Waals surface area contributed by atoms with Gasteiger partial charge in [0.2, 0.25) is 5.89 Å². The lowest BCUT2D eigenvalue weighted by Gasteiger charge is -1.98. The second-order valence-electron chi connectivity index (χ2n) is 3.95. The standard InChI is InChI=1S/C12H11N3O5/c1-3-19-12(16)11-14-13-10(20-11)8-4-7(2)5-9(6-8)15(17)18/h4-6H,3H2,1-2H3. The second-order valence-corrected chi connectivity index (χ2v) is 3.95. The van der Waals surface area contributed by atoms with Crippen molar-refractivity contribution in [3.05, 3.63) is 39.8 Å². The quantitative estimate of drug-likeness (QED) is 0.478. The van der Waals surface area contributed by atoms with Gasteiger partial charge in [-0.2, -0.15) is 0 Å². The predicted octanol–water partition coefficient (Wildman–Crippen LogP) is 2.13. The third-order valence-electron chi connectivity index (χ3n) is 2.39.